The molecule has 4 N–H and O–H groups in total. The number of carbonyl (C=O) groups is 3. The molecule has 1 aliphatic rings. The standard InChI is InChI=1S/C26H31N5O4/c1-17(2)16-35-23(32)11-9-18-8-10-21(15-22(18)25(34)27-3)30-24(33)19-6-4-7-20(14-19)31-26-28-12-5-13-29-26/h4,6-11,14-15,17H,5,12-13,16H2,1-3H3,(H,27,34)(H,30,33)(H2,28,29,31)/b11-9+. The first-order valence-electron chi connectivity index (χ1n) is 11.5. The van der Waals surface area contributed by atoms with E-state index >= 15 is 0 Å². The topological polar surface area (TPSA) is 121 Å². The fourth-order valence-electron chi connectivity index (χ4n) is 3.26. The van der Waals surface area contributed by atoms with Crippen molar-refractivity contribution < 1.29 is 19.1 Å². The van der Waals surface area contributed by atoms with E-state index in [-0.39, 0.29) is 17.7 Å². The van der Waals surface area contributed by atoms with Gasteiger partial charge in [0.05, 0.1) is 6.61 Å². The number of aliphatic imine (C=N–C) groups is 1. The molecule has 9 heteroatoms. The maximum Gasteiger partial charge on any atom is 0.330 e. The van der Waals surface area contributed by atoms with E-state index in [1.54, 1.807) is 36.4 Å². The molecular formula is C26H31N5O4. The van der Waals surface area contributed by atoms with Gasteiger partial charge in [-0.3, -0.25) is 14.6 Å². The highest BCUT2D eigenvalue weighted by Crippen LogP contribution is 2.20. The number of hydrogen-bond acceptors (Lipinski definition) is 7. The Hall–Kier alpha value is -4.14. The van der Waals surface area contributed by atoms with E-state index < -0.39 is 5.97 Å². The predicted molar refractivity (Wildman–Crippen MR) is 138 cm³/mol. The lowest BCUT2D eigenvalue weighted by atomic mass is 10.0. The summed E-state index contributed by atoms with van der Waals surface area (Å²) in [5, 5.41) is 11.8. The van der Waals surface area contributed by atoms with Crippen LogP contribution in [0.15, 0.2) is 53.5 Å². The van der Waals surface area contributed by atoms with Crippen LogP contribution in [0, 0.1) is 5.92 Å². The van der Waals surface area contributed by atoms with Crippen LogP contribution in [0.1, 0.15) is 46.5 Å². The van der Waals surface area contributed by atoms with Gasteiger partial charge in [-0.15, -0.1) is 0 Å². The van der Waals surface area contributed by atoms with Gasteiger partial charge in [0, 0.05) is 48.7 Å². The molecule has 1 heterocycles. The van der Waals surface area contributed by atoms with Crippen molar-refractivity contribution in [1.29, 1.82) is 0 Å². The monoisotopic (exact) mass is 477 g/mol. The molecule has 184 valence electrons. The molecule has 0 bridgehead atoms. The van der Waals surface area contributed by atoms with Crippen LogP contribution in [0.25, 0.3) is 6.08 Å². The van der Waals surface area contributed by atoms with Crippen molar-refractivity contribution in [1.82, 2.24) is 10.6 Å². The van der Waals surface area contributed by atoms with Crippen molar-refractivity contribution in [3.05, 3.63) is 65.2 Å². The average molecular weight is 478 g/mol. The summed E-state index contributed by atoms with van der Waals surface area (Å²) in [6.45, 7) is 5.82. The summed E-state index contributed by atoms with van der Waals surface area (Å²) in [5.74, 6) is -0.243. The summed E-state index contributed by atoms with van der Waals surface area (Å²) in [6, 6.07) is 12.0. The van der Waals surface area contributed by atoms with Gasteiger partial charge in [-0.2, -0.15) is 0 Å². The maximum absolute atomic E-state index is 12.9. The molecule has 2 aromatic carbocycles. The fraction of sp³-hybridized carbons (Fsp3) is 0.308. The molecule has 0 unspecified atom stereocenters. The number of nitrogens with one attached hydrogen (secondary N) is 4. The van der Waals surface area contributed by atoms with Gasteiger partial charge in [0.15, 0.2) is 5.96 Å². The highest BCUT2D eigenvalue weighted by molar-refractivity contribution is 6.07. The molecule has 0 radical (unpaired) electrons. The third-order valence-electron chi connectivity index (χ3n) is 5.03. The van der Waals surface area contributed by atoms with Gasteiger partial charge in [-0.25, -0.2) is 4.79 Å². The Morgan fingerprint density at radius 3 is 2.66 bits per heavy atom. The number of benzene rings is 2. The Labute approximate surface area is 205 Å². The van der Waals surface area contributed by atoms with E-state index in [4.69, 9.17) is 4.74 Å². The van der Waals surface area contributed by atoms with E-state index in [1.807, 2.05) is 19.9 Å². The number of carbonyl (C=O) groups excluding carboxylic acids is 3. The van der Waals surface area contributed by atoms with E-state index in [1.165, 1.54) is 19.2 Å². The highest BCUT2D eigenvalue weighted by atomic mass is 16.5. The van der Waals surface area contributed by atoms with Gasteiger partial charge >= 0.3 is 5.97 Å². The molecule has 35 heavy (non-hydrogen) atoms. The van der Waals surface area contributed by atoms with Crippen LogP contribution in [0.3, 0.4) is 0 Å². The van der Waals surface area contributed by atoms with Crippen LogP contribution in [-0.2, 0) is 9.53 Å². The van der Waals surface area contributed by atoms with Crippen molar-refractivity contribution in [3.63, 3.8) is 0 Å². The van der Waals surface area contributed by atoms with Crippen molar-refractivity contribution >= 4 is 41.2 Å². The summed E-state index contributed by atoms with van der Waals surface area (Å²) in [5.41, 5.74) is 2.47. The van der Waals surface area contributed by atoms with Crippen molar-refractivity contribution in [2.24, 2.45) is 10.9 Å². The Bertz CT molecular complexity index is 1140. The number of hydrogen-bond donors (Lipinski definition) is 4. The number of amides is 2. The zero-order chi connectivity index (χ0) is 25.2. The lowest BCUT2D eigenvalue weighted by molar-refractivity contribution is -0.138. The minimum absolute atomic E-state index is 0.228. The largest absolute Gasteiger partial charge is 0.462 e. The minimum Gasteiger partial charge on any atom is -0.462 e. The normalized spacial score (nSPS) is 13.1. The highest BCUT2D eigenvalue weighted by Gasteiger charge is 2.13. The van der Waals surface area contributed by atoms with Crippen molar-refractivity contribution in [2.45, 2.75) is 20.3 Å². The third kappa shape index (κ3) is 7.70. The third-order valence-corrected chi connectivity index (χ3v) is 5.03. The van der Waals surface area contributed by atoms with Crippen LogP contribution in [0.4, 0.5) is 11.4 Å². The zero-order valence-electron chi connectivity index (χ0n) is 20.2. The minimum atomic E-state index is -0.484. The summed E-state index contributed by atoms with van der Waals surface area (Å²) < 4.78 is 5.14. The van der Waals surface area contributed by atoms with Crippen LogP contribution < -0.4 is 21.3 Å². The Morgan fingerprint density at radius 2 is 1.94 bits per heavy atom. The van der Waals surface area contributed by atoms with Gasteiger partial charge in [0.25, 0.3) is 11.8 Å². The first-order chi connectivity index (χ1) is 16.9. The lowest BCUT2D eigenvalue weighted by Crippen LogP contribution is -2.35. The second kappa shape index (κ2) is 12.4. The van der Waals surface area contributed by atoms with Gasteiger partial charge in [-0.1, -0.05) is 26.0 Å². The number of guanidine groups is 1. The average Bonchev–Trinajstić information content (AvgIpc) is 2.86. The van der Waals surface area contributed by atoms with E-state index in [9.17, 15) is 14.4 Å². The first-order valence-corrected chi connectivity index (χ1v) is 11.5. The molecule has 0 aromatic heterocycles. The molecule has 0 spiro atoms. The van der Waals surface area contributed by atoms with Crippen LogP contribution in [0.2, 0.25) is 0 Å². The fourth-order valence-corrected chi connectivity index (χ4v) is 3.26. The molecule has 2 amide bonds. The molecule has 2 aromatic rings. The van der Waals surface area contributed by atoms with Crippen molar-refractivity contribution in [3.8, 4) is 0 Å². The van der Waals surface area contributed by atoms with Gasteiger partial charge in [0.1, 0.15) is 0 Å². The van der Waals surface area contributed by atoms with Crippen LogP contribution in [0.5, 0.6) is 0 Å². The summed E-state index contributed by atoms with van der Waals surface area (Å²) in [7, 11) is 1.52. The first kappa shape index (κ1) is 25.5. The zero-order valence-corrected chi connectivity index (χ0v) is 20.2. The van der Waals surface area contributed by atoms with E-state index in [0.29, 0.717) is 34.9 Å². The molecule has 0 fully saturated rings. The number of esters is 1. The Morgan fingerprint density at radius 1 is 1.11 bits per heavy atom. The number of ether oxygens (including phenoxy) is 1. The molecule has 0 aliphatic carbocycles. The second-order valence-corrected chi connectivity index (χ2v) is 8.41. The quantitative estimate of drug-likeness (QED) is 0.342. The molecule has 3 rings (SSSR count). The van der Waals surface area contributed by atoms with Crippen LogP contribution in [-0.4, -0.2) is 50.5 Å². The van der Waals surface area contributed by atoms with Gasteiger partial charge in [-0.05, 0) is 54.3 Å². The Balaban J connectivity index is 1.73. The van der Waals surface area contributed by atoms with Gasteiger partial charge in [0.2, 0.25) is 0 Å². The molecule has 1 aliphatic heterocycles. The van der Waals surface area contributed by atoms with Crippen LogP contribution >= 0.6 is 0 Å². The summed E-state index contributed by atoms with van der Waals surface area (Å²) in [4.78, 5) is 41.6. The SMILES string of the molecule is CNC(=O)c1cc(NC(=O)c2cccc(NC3=NCCCN3)c2)ccc1/C=C/C(=O)OCC(C)C. The van der Waals surface area contributed by atoms with Crippen molar-refractivity contribution in [2.75, 3.05) is 37.4 Å². The van der Waals surface area contributed by atoms with Gasteiger partial charge < -0.3 is 26.0 Å². The number of rotatable bonds is 8. The Kier molecular flexibility index (Phi) is 9.00. The maximum atomic E-state index is 12.9. The molecule has 0 atom stereocenters. The van der Waals surface area contributed by atoms with E-state index in [2.05, 4.69) is 26.3 Å². The molecule has 9 nitrogen and oxygen atoms in total. The predicted octanol–water partition coefficient (Wildman–Crippen LogP) is 3.27. The second-order valence-electron chi connectivity index (χ2n) is 8.41. The lowest BCUT2D eigenvalue weighted by Gasteiger charge is -2.16. The summed E-state index contributed by atoms with van der Waals surface area (Å²) in [6.07, 6.45) is 3.80. The van der Waals surface area contributed by atoms with E-state index in [0.717, 1.165) is 25.2 Å². The number of nitrogens with zero attached hydrogens (tertiary/aromatic N) is 1. The summed E-state index contributed by atoms with van der Waals surface area (Å²) >= 11 is 0. The molecule has 0 saturated carbocycles. The molecule has 0 saturated heterocycles. The molecular weight excluding hydrogens is 446 g/mol. The smallest absolute Gasteiger partial charge is 0.330 e. The number of anilines is 2.